The first-order valence-electron chi connectivity index (χ1n) is 14.7. The molecule has 0 spiro atoms. The van der Waals surface area contributed by atoms with Crippen molar-refractivity contribution in [3.63, 3.8) is 0 Å². The fourth-order valence-electron chi connectivity index (χ4n) is 6.17. The summed E-state index contributed by atoms with van der Waals surface area (Å²) in [4.78, 5) is 15.2. The molecule has 5 aromatic heterocycles. The van der Waals surface area contributed by atoms with Crippen molar-refractivity contribution in [2.45, 2.75) is 0 Å². The Morgan fingerprint density at radius 3 is 1.84 bits per heavy atom. The molecule has 0 radical (unpaired) electrons. The summed E-state index contributed by atoms with van der Waals surface area (Å²) in [5, 5.41) is 3.29. The van der Waals surface area contributed by atoms with E-state index in [1.54, 1.807) is 0 Å². The van der Waals surface area contributed by atoms with E-state index in [9.17, 15) is 0 Å². The van der Waals surface area contributed by atoms with Gasteiger partial charge in [0.05, 0.1) is 22.6 Å². The number of aromatic nitrogens is 5. The summed E-state index contributed by atoms with van der Waals surface area (Å²) in [6.45, 7) is 0. The first-order chi connectivity index (χ1) is 21.8. The van der Waals surface area contributed by atoms with Crippen LogP contribution in [0.2, 0.25) is 0 Å². The molecule has 0 aliphatic carbocycles. The van der Waals surface area contributed by atoms with Crippen LogP contribution in [0.25, 0.3) is 77.9 Å². The van der Waals surface area contributed by atoms with E-state index in [2.05, 4.69) is 119 Å². The predicted octanol–water partition coefficient (Wildman–Crippen LogP) is 9.35. The van der Waals surface area contributed by atoms with Crippen LogP contribution in [-0.2, 0) is 0 Å². The summed E-state index contributed by atoms with van der Waals surface area (Å²) >= 11 is 0. The predicted molar refractivity (Wildman–Crippen MR) is 178 cm³/mol. The molecule has 0 amide bonds. The largest absolute Gasteiger partial charge is 0.306 e. The maximum absolute atomic E-state index is 5.17. The number of fused-ring (bicyclic) bond motifs is 6. The van der Waals surface area contributed by atoms with Gasteiger partial charge in [-0.2, -0.15) is 0 Å². The number of rotatable bonds is 4. The standard InChI is InChI=1S/C39H25N5/c1-3-9-27(10-4-1)34-24-43-21-19-30(23-36(43)40-34)26-15-17-29(18-16-26)38-32-20-22-44-25-35(28-11-5-2-6-12-28)42-39(44)37(32)31-13-7-8-14-33(31)41-38/h1-25H. The first kappa shape index (κ1) is 24.5. The average molecular weight is 564 g/mol. The van der Waals surface area contributed by atoms with Crippen LogP contribution in [0.5, 0.6) is 0 Å². The highest BCUT2D eigenvalue weighted by atomic mass is 15.0. The number of pyridine rings is 3. The van der Waals surface area contributed by atoms with E-state index in [-0.39, 0.29) is 0 Å². The third-order valence-corrected chi connectivity index (χ3v) is 8.38. The van der Waals surface area contributed by atoms with Crippen molar-refractivity contribution >= 4 is 33.0 Å². The van der Waals surface area contributed by atoms with Crippen molar-refractivity contribution in [1.82, 2.24) is 23.8 Å². The minimum atomic E-state index is 0.922. The molecule has 0 atom stereocenters. The van der Waals surface area contributed by atoms with Crippen LogP contribution in [0.4, 0.5) is 0 Å². The maximum Gasteiger partial charge on any atom is 0.146 e. The summed E-state index contributed by atoms with van der Waals surface area (Å²) in [6, 6.07) is 44.1. The van der Waals surface area contributed by atoms with Gasteiger partial charge < -0.3 is 8.80 Å². The number of hydrogen-bond acceptors (Lipinski definition) is 3. The van der Waals surface area contributed by atoms with Crippen LogP contribution < -0.4 is 0 Å². The van der Waals surface area contributed by atoms with Crippen molar-refractivity contribution < 1.29 is 0 Å². The van der Waals surface area contributed by atoms with Crippen molar-refractivity contribution in [3.05, 3.63) is 152 Å². The smallest absolute Gasteiger partial charge is 0.146 e. The van der Waals surface area contributed by atoms with Crippen LogP contribution in [0, 0.1) is 0 Å². The summed E-state index contributed by atoms with van der Waals surface area (Å²) in [5.74, 6) is 0. The third-order valence-electron chi connectivity index (χ3n) is 8.38. The van der Waals surface area contributed by atoms with Gasteiger partial charge in [-0.25, -0.2) is 15.0 Å². The normalized spacial score (nSPS) is 11.6. The zero-order chi connectivity index (χ0) is 29.0. The first-order valence-corrected chi connectivity index (χ1v) is 14.7. The molecule has 5 nitrogen and oxygen atoms in total. The van der Waals surface area contributed by atoms with Crippen LogP contribution in [0.15, 0.2) is 152 Å². The molecule has 0 fully saturated rings. The van der Waals surface area contributed by atoms with Crippen LogP contribution in [0.1, 0.15) is 0 Å². The lowest BCUT2D eigenvalue weighted by Gasteiger charge is -2.12. The van der Waals surface area contributed by atoms with E-state index < -0.39 is 0 Å². The van der Waals surface area contributed by atoms with Crippen molar-refractivity contribution in [2.75, 3.05) is 0 Å². The van der Waals surface area contributed by atoms with Gasteiger partial charge in [0.15, 0.2) is 0 Å². The summed E-state index contributed by atoms with van der Waals surface area (Å²) in [5.41, 5.74) is 11.2. The molecule has 0 saturated carbocycles. The molecular formula is C39H25N5. The van der Waals surface area contributed by atoms with Crippen molar-refractivity contribution in [2.24, 2.45) is 0 Å². The fraction of sp³-hybridized carbons (Fsp3) is 0. The molecule has 9 rings (SSSR count). The van der Waals surface area contributed by atoms with E-state index in [0.29, 0.717) is 0 Å². The zero-order valence-electron chi connectivity index (χ0n) is 23.7. The molecule has 0 aliphatic heterocycles. The minimum Gasteiger partial charge on any atom is -0.306 e. The zero-order valence-corrected chi connectivity index (χ0v) is 23.7. The van der Waals surface area contributed by atoms with E-state index in [4.69, 9.17) is 15.0 Å². The monoisotopic (exact) mass is 563 g/mol. The lowest BCUT2D eigenvalue weighted by atomic mass is 9.99. The van der Waals surface area contributed by atoms with Gasteiger partial charge in [-0.05, 0) is 35.4 Å². The van der Waals surface area contributed by atoms with Crippen LogP contribution in [0.3, 0.4) is 0 Å². The average Bonchev–Trinajstić information content (AvgIpc) is 3.73. The van der Waals surface area contributed by atoms with Gasteiger partial charge in [-0.15, -0.1) is 0 Å². The van der Waals surface area contributed by atoms with E-state index in [0.717, 1.165) is 77.9 Å². The Morgan fingerprint density at radius 1 is 0.432 bits per heavy atom. The van der Waals surface area contributed by atoms with Crippen molar-refractivity contribution in [1.29, 1.82) is 0 Å². The second-order valence-electron chi connectivity index (χ2n) is 11.1. The van der Waals surface area contributed by atoms with Gasteiger partial charge in [-0.1, -0.05) is 103 Å². The number of hydrogen-bond donors (Lipinski definition) is 0. The highest BCUT2D eigenvalue weighted by Crippen LogP contribution is 2.36. The highest BCUT2D eigenvalue weighted by Gasteiger charge is 2.16. The summed E-state index contributed by atoms with van der Waals surface area (Å²) < 4.78 is 4.20. The minimum absolute atomic E-state index is 0.922. The van der Waals surface area contributed by atoms with Gasteiger partial charge in [0.1, 0.15) is 11.3 Å². The molecule has 0 bridgehead atoms. The number of para-hydroxylation sites is 1. The molecule has 5 heteroatoms. The lowest BCUT2D eigenvalue weighted by molar-refractivity contribution is 1.19. The topological polar surface area (TPSA) is 47.5 Å². The molecule has 0 saturated heterocycles. The van der Waals surface area contributed by atoms with E-state index in [1.807, 2.05) is 42.5 Å². The van der Waals surface area contributed by atoms with Crippen LogP contribution in [-0.4, -0.2) is 23.8 Å². The number of nitrogens with zero attached hydrogens (tertiary/aromatic N) is 5. The fourth-order valence-corrected chi connectivity index (χ4v) is 6.17. The second-order valence-corrected chi connectivity index (χ2v) is 11.1. The summed E-state index contributed by atoms with van der Waals surface area (Å²) in [7, 11) is 0. The molecular weight excluding hydrogens is 538 g/mol. The van der Waals surface area contributed by atoms with Gasteiger partial charge in [0.25, 0.3) is 0 Å². The Bertz CT molecular complexity index is 2470. The van der Waals surface area contributed by atoms with Gasteiger partial charge in [0.2, 0.25) is 0 Å². The molecule has 206 valence electrons. The Kier molecular flexibility index (Phi) is 5.43. The Morgan fingerprint density at radius 2 is 1.07 bits per heavy atom. The van der Waals surface area contributed by atoms with Gasteiger partial charge >= 0.3 is 0 Å². The van der Waals surface area contributed by atoms with E-state index in [1.165, 1.54) is 0 Å². The van der Waals surface area contributed by atoms with E-state index >= 15 is 0 Å². The van der Waals surface area contributed by atoms with Gasteiger partial charge in [-0.3, -0.25) is 0 Å². The molecule has 44 heavy (non-hydrogen) atoms. The quantitative estimate of drug-likeness (QED) is 0.200. The third kappa shape index (κ3) is 3.98. The molecule has 9 aromatic rings. The summed E-state index contributed by atoms with van der Waals surface area (Å²) in [6.07, 6.45) is 8.35. The molecule has 0 unspecified atom stereocenters. The SMILES string of the molecule is c1ccc(-c2cn3ccc(-c4ccc(-c5nc6ccccc6c6c5ccn5cc(-c7ccccc7)nc65)cc4)cc3n2)cc1. The Hall–Kier alpha value is -6.07. The highest BCUT2D eigenvalue weighted by molar-refractivity contribution is 6.16. The Labute approximate surface area is 253 Å². The molecule has 5 heterocycles. The van der Waals surface area contributed by atoms with Gasteiger partial charge in [0, 0.05) is 57.6 Å². The van der Waals surface area contributed by atoms with Crippen LogP contribution >= 0.6 is 0 Å². The number of benzene rings is 4. The lowest BCUT2D eigenvalue weighted by Crippen LogP contribution is -1.93. The number of imidazole rings is 2. The maximum atomic E-state index is 5.17. The molecule has 4 aromatic carbocycles. The Balaban J connectivity index is 1.15. The second kappa shape index (κ2) is 9.75. The molecule has 0 aliphatic rings. The molecule has 0 N–H and O–H groups in total. The van der Waals surface area contributed by atoms with Crippen molar-refractivity contribution in [3.8, 4) is 44.9 Å².